The van der Waals surface area contributed by atoms with Gasteiger partial charge in [0.1, 0.15) is 11.9 Å². The van der Waals surface area contributed by atoms with Crippen LogP contribution in [0.2, 0.25) is 0 Å². The summed E-state index contributed by atoms with van der Waals surface area (Å²) in [5.41, 5.74) is 4.02. The zero-order chi connectivity index (χ0) is 20.2. The first-order valence-electron chi connectivity index (χ1n) is 9.75. The first kappa shape index (κ1) is 19.0. The third-order valence-electron chi connectivity index (χ3n) is 5.74. The van der Waals surface area contributed by atoms with Gasteiger partial charge < -0.3 is 24.1 Å². The highest BCUT2D eigenvalue weighted by molar-refractivity contribution is 7.15. The molecule has 1 spiro atoms. The Morgan fingerprint density at radius 1 is 1.31 bits per heavy atom. The molecule has 1 unspecified atom stereocenters. The maximum atomic E-state index is 10.7. The number of fused-ring (bicyclic) bond motifs is 2. The van der Waals surface area contributed by atoms with E-state index in [9.17, 15) is 10.2 Å². The van der Waals surface area contributed by atoms with E-state index in [4.69, 9.17) is 13.9 Å². The Labute approximate surface area is 172 Å². The fourth-order valence-corrected chi connectivity index (χ4v) is 5.19. The molecule has 1 fully saturated rings. The third kappa shape index (κ3) is 3.14. The lowest BCUT2D eigenvalue weighted by Crippen LogP contribution is -2.55. The van der Waals surface area contributed by atoms with Crippen LogP contribution in [0.1, 0.15) is 40.6 Å². The number of hydrogen-bond donors (Lipinski definition) is 2. The number of aliphatic hydroxyl groups is 2. The van der Waals surface area contributed by atoms with Crippen molar-refractivity contribution < 1.29 is 24.1 Å². The van der Waals surface area contributed by atoms with Crippen LogP contribution in [0.5, 0.6) is 0 Å². The molecular formula is C22H23NO5S. The summed E-state index contributed by atoms with van der Waals surface area (Å²) in [6.07, 6.45) is 2.31. The van der Waals surface area contributed by atoms with Crippen molar-refractivity contribution in [3.05, 3.63) is 64.0 Å². The van der Waals surface area contributed by atoms with Gasteiger partial charge in [-0.3, -0.25) is 0 Å². The summed E-state index contributed by atoms with van der Waals surface area (Å²) in [6.45, 7) is 4.31. The van der Waals surface area contributed by atoms with Crippen LogP contribution in [0.25, 0.3) is 10.6 Å². The first-order chi connectivity index (χ1) is 14.0. The standard InChI is InChI=1S/C22H23NO5S/c1-12-6-15-11-27-22(21(25)17(24)7-13(2)28-22)16(15)8-14(12)9-20-23-10-19(29-20)18-4-3-5-26-18/h3-6,8,10,13,17,21,24-25H,7,9,11H2,1-2H3/t13-,17+,21?,22+/m1/s1. The summed E-state index contributed by atoms with van der Waals surface area (Å²) in [7, 11) is 0. The van der Waals surface area contributed by atoms with Crippen LogP contribution in [0.3, 0.4) is 0 Å². The maximum Gasteiger partial charge on any atom is 0.225 e. The number of benzene rings is 1. The summed E-state index contributed by atoms with van der Waals surface area (Å²) in [5.74, 6) is -0.495. The minimum Gasteiger partial charge on any atom is -0.463 e. The summed E-state index contributed by atoms with van der Waals surface area (Å²) < 4.78 is 17.5. The average Bonchev–Trinajstić information content (AvgIpc) is 3.42. The molecule has 0 aliphatic carbocycles. The molecule has 2 aliphatic rings. The minimum absolute atomic E-state index is 0.209. The van der Waals surface area contributed by atoms with E-state index in [1.165, 1.54) is 0 Å². The number of rotatable bonds is 3. The Kier molecular flexibility index (Phi) is 4.60. The van der Waals surface area contributed by atoms with Gasteiger partial charge in [-0.2, -0.15) is 0 Å². The Morgan fingerprint density at radius 3 is 2.97 bits per heavy atom. The molecule has 0 saturated carbocycles. The van der Waals surface area contributed by atoms with E-state index < -0.39 is 18.0 Å². The van der Waals surface area contributed by atoms with Crippen LogP contribution < -0.4 is 0 Å². The number of thiazole rings is 1. The highest BCUT2D eigenvalue weighted by Crippen LogP contribution is 2.46. The van der Waals surface area contributed by atoms with Gasteiger partial charge in [-0.15, -0.1) is 11.3 Å². The second-order valence-electron chi connectivity index (χ2n) is 7.84. The lowest BCUT2D eigenvalue weighted by atomic mass is 9.87. The van der Waals surface area contributed by atoms with Gasteiger partial charge >= 0.3 is 0 Å². The van der Waals surface area contributed by atoms with E-state index in [0.29, 0.717) is 19.4 Å². The predicted molar refractivity (Wildman–Crippen MR) is 107 cm³/mol. The fraction of sp³-hybridized carbons (Fsp3) is 0.409. The molecule has 0 amide bonds. The van der Waals surface area contributed by atoms with E-state index in [1.54, 1.807) is 17.6 Å². The second-order valence-corrected chi connectivity index (χ2v) is 8.96. The van der Waals surface area contributed by atoms with Crippen LogP contribution in [-0.4, -0.2) is 33.5 Å². The SMILES string of the molecule is Cc1cc2c(cc1Cc1ncc(-c3ccco3)s1)[C@]1(OC2)O[C@H](C)C[C@H](O)C1O. The molecule has 152 valence electrons. The molecular weight excluding hydrogens is 390 g/mol. The number of furan rings is 1. The Bertz CT molecular complexity index is 1030. The molecule has 1 saturated heterocycles. The topological polar surface area (TPSA) is 85.0 Å². The fourth-order valence-electron chi connectivity index (χ4n) is 4.28. The average molecular weight is 413 g/mol. The lowest BCUT2D eigenvalue weighted by Gasteiger charge is -2.43. The number of nitrogens with zero attached hydrogens (tertiary/aromatic N) is 1. The number of aromatic nitrogens is 1. The van der Waals surface area contributed by atoms with E-state index >= 15 is 0 Å². The van der Waals surface area contributed by atoms with Crippen molar-refractivity contribution in [2.24, 2.45) is 0 Å². The maximum absolute atomic E-state index is 10.7. The van der Waals surface area contributed by atoms with Crippen LogP contribution in [0, 0.1) is 6.92 Å². The molecule has 1 aromatic carbocycles. The van der Waals surface area contributed by atoms with Crippen molar-refractivity contribution in [2.45, 2.75) is 57.4 Å². The zero-order valence-electron chi connectivity index (χ0n) is 16.3. The first-order valence-corrected chi connectivity index (χ1v) is 10.6. The van der Waals surface area contributed by atoms with E-state index in [0.717, 1.165) is 37.9 Å². The molecule has 2 aliphatic heterocycles. The van der Waals surface area contributed by atoms with Gasteiger partial charge in [-0.1, -0.05) is 6.07 Å². The number of aryl methyl sites for hydroxylation is 1. The number of hydrogen-bond acceptors (Lipinski definition) is 7. The van der Waals surface area contributed by atoms with Crippen LogP contribution in [-0.2, 0) is 28.3 Å². The summed E-state index contributed by atoms with van der Waals surface area (Å²) >= 11 is 1.60. The second kappa shape index (κ2) is 7.04. The van der Waals surface area contributed by atoms with Crippen molar-refractivity contribution in [1.82, 2.24) is 4.98 Å². The van der Waals surface area contributed by atoms with Crippen molar-refractivity contribution in [1.29, 1.82) is 0 Å². The van der Waals surface area contributed by atoms with Gasteiger partial charge in [-0.05, 0) is 48.7 Å². The van der Waals surface area contributed by atoms with Gasteiger partial charge in [0.05, 0.1) is 35.0 Å². The van der Waals surface area contributed by atoms with Crippen LogP contribution in [0.15, 0.2) is 41.1 Å². The highest BCUT2D eigenvalue weighted by atomic mass is 32.1. The quantitative estimate of drug-likeness (QED) is 0.684. The molecule has 0 radical (unpaired) electrons. The van der Waals surface area contributed by atoms with Crippen molar-refractivity contribution in [2.75, 3.05) is 0 Å². The number of ether oxygens (including phenoxy) is 2. The minimum atomic E-state index is -1.31. The van der Waals surface area contributed by atoms with Crippen LogP contribution >= 0.6 is 11.3 Å². The Morgan fingerprint density at radius 2 is 2.17 bits per heavy atom. The van der Waals surface area contributed by atoms with Crippen molar-refractivity contribution in [3.63, 3.8) is 0 Å². The number of aliphatic hydroxyl groups excluding tert-OH is 2. The monoisotopic (exact) mass is 413 g/mol. The Hall–Kier alpha value is -2.03. The summed E-state index contributed by atoms with van der Waals surface area (Å²) in [5, 5.41) is 22.0. The lowest BCUT2D eigenvalue weighted by molar-refractivity contribution is -0.342. The molecule has 29 heavy (non-hydrogen) atoms. The van der Waals surface area contributed by atoms with Crippen molar-refractivity contribution in [3.8, 4) is 10.6 Å². The van der Waals surface area contributed by atoms with Crippen molar-refractivity contribution >= 4 is 11.3 Å². The smallest absolute Gasteiger partial charge is 0.225 e. The molecule has 7 heteroatoms. The molecule has 2 N–H and O–H groups in total. The molecule has 5 rings (SSSR count). The molecule has 4 atom stereocenters. The van der Waals surface area contributed by atoms with Gasteiger partial charge in [0.2, 0.25) is 5.79 Å². The largest absolute Gasteiger partial charge is 0.463 e. The summed E-state index contributed by atoms with van der Waals surface area (Å²) in [4.78, 5) is 5.54. The summed E-state index contributed by atoms with van der Waals surface area (Å²) in [6, 6.07) is 7.92. The third-order valence-corrected chi connectivity index (χ3v) is 6.75. The van der Waals surface area contributed by atoms with E-state index in [1.807, 2.05) is 31.3 Å². The zero-order valence-corrected chi connectivity index (χ0v) is 17.1. The van der Waals surface area contributed by atoms with E-state index in [2.05, 4.69) is 18.0 Å². The molecule has 6 nitrogen and oxygen atoms in total. The Balaban J connectivity index is 1.49. The van der Waals surface area contributed by atoms with Gasteiger partial charge in [0.25, 0.3) is 0 Å². The molecule has 4 heterocycles. The predicted octanol–water partition coefficient (Wildman–Crippen LogP) is 3.52. The van der Waals surface area contributed by atoms with Gasteiger partial charge in [0.15, 0.2) is 0 Å². The van der Waals surface area contributed by atoms with Gasteiger partial charge in [-0.25, -0.2) is 4.98 Å². The highest BCUT2D eigenvalue weighted by Gasteiger charge is 2.54. The molecule has 0 bridgehead atoms. The van der Waals surface area contributed by atoms with Crippen LogP contribution in [0.4, 0.5) is 0 Å². The molecule has 2 aromatic heterocycles. The normalized spacial score (nSPS) is 28.8. The molecule has 3 aromatic rings. The van der Waals surface area contributed by atoms with E-state index in [-0.39, 0.29) is 6.10 Å². The van der Waals surface area contributed by atoms with Gasteiger partial charge in [0, 0.05) is 24.6 Å².